The highest BCUT2D eigenvalue weighted by Gasteiger charge is 2.15. The van der Waals surface area contributed by atoms with Crippen LogP contribution in [-0.2, 0) is 22.6 Å². The topological polar surface area (TPSA) is 72.2 Å². The molecule has 30 heavy (non-hydrogen) atoms. The van der Waals surface area contributed by atoms with Crippen LogP contribution in [0.3, 0.4) is 0 Å². The number of pyridine rings is 1. The zero-order chi connectivity index (χ0) is 21.7. The summed E-state index contributed by atoms with van der Waals surface area (Å²) in [6.07, 6.45) is -0.157. The number of ether oxygens (including phenoxy) is 2. The molecular formula is C23H18F2N2O3. The predicted octanol–water partition coefficient (Wildman–Crippen LogP) is 4.50. The van der Waals surface area contributed by atoms with Crippen LogP contribution in [0.25, 0.3) is 11.3 Å². The molecule has 7 heteroatoms. The van der Waals surface area contributed by atoms with E-state index in [1.54, 1.807) is 31.2 Å². The van der Waals surface area contributed by atoms with Crippen LogP contribution in [0.15, 0.2) is 48.5 Å². The summed E-state index contributed by atoms with van der Waals surface area (Å²) in [6, 6.07) is 14.2. The van der Waals surface area contributed by atoms with Crippen LogP contribution in [0, 0.1) is 29.9 Å². The molecule has 0 aliphatic rings. The van der Waals surface area contributed by atoms with Gasteiger partial charge in [-0.05, 0) is 36.2 Å². The molecule has 1 heterocycles. The van der Waals surface area contributed by atoms with Crippen LogP contribution in [0.4, 0.5) is 8.78 Å². The maximum absolute atomic E-state index is 14.7. The van der Waals surface area contributed by atoms with Gasteiger partial charge in [-0.3, -0.25) is 4.79 Å². The van der Waals surface area contributed by atoms with Gasteiger partial charge < -0.3 is 9.47 Å². The summed E-state index contributed by atoms with van der Waals surface area (Å²) in [5, 5.41) is 8.81. The minimum absolute atomic E-state index is 0.0700. The molecule has 0 spiro atoms. The van der Waals surface area contributed by atoms with Crippen molar-refractivity contribution in [1.82, 2.24) is 4.98 Å². The lowest BCUT2D eigenvalue weighted by Crippen LogP contribution is -2.07. The number of hydrogen-bond acceptors (Lipinski definition) is 5. The Morgan fingerprint density at radius 2 is 1.90 bits per heavy atom. The molecule has 1 aromatic heterocycles. The molecule has 0 bridgehead atoms. The number of hydrogen-bond donors (Lipinski definition) is 0. The van der Waals surface area contributed by atoms with E-state index in [0.29, 0.717) is 16.8 Å². The first-order chi connectivity index (χ1) is 14.4. The van der Waals surface area contributed by atoms with Gasteiger partial charge in [-0.2, -0.15) is 5.26 Å². The number of rotatable bonds is 6. The average molecular weight is 408 g/mol. The number of carbonyl (C=O) groups excluding carboxylic acids is 1. The lowest BCUT2D eigenvalue weighted by atomic mass is 9.99. The van der Waals surface area contributed by atoms with E-state index in [1.807, 2.05) is 6.07 Å². The number of carbonyl (C=O) groups is 1. The molecular weight excluding hydrogens is 390 g/mol. The minimum Gasteiger partial charge on any atom is -0.473 e. The summed E-state index contributed by atoms with van der Waals surface area (Å²) in [7, 11) is 1.25. The van der Waals surface area contributed by atoms with E-state index in [4.69, 9.17) is 10.00 Å². The Morgan fingerprint density at radius 1 is 1.13 bits per heavy atom. The van der Waals surface area contributed by atoms with Gasteiger partial charge in [-0.1, -0.05) is 24.3 Å². The Bertz CT molecular complexity index is 1140. The zero-order valence-electron chi connectivity index (χ0n) is 16.4. The van der Waals surface area contributed by atoms with Crippen molar-refractivity contribution in [1.29, 1.82) is 5.26 Å². The van der Waals surface area contributed by atoms with E-state index < -0.39 is 17.6 Å². The molecule has 0 N–H and O–H groups in total. The fourth-order valence-corrected chi connectivity index (χ4v) is 2.91. The highest BCUT2D eigenvalue weighted by Crippen LogP contribution is 2.27. The van der Waals surface area contributed by atoms with Crippen LogP contribution < -0.4 is 4.74 Å². The molecule has 0 aliphatic heterocycles. The lowest BCUT2D eigenvalue weighted by Gasteiger charge is -2.12. The fraction of sp³-hybridized carbons (Fsp3) is 0.174. The van der Waals surface area contributed by atoms with Crippen molar-refractivity contribution < 1.29 is 23.0 Å². The molecule has 2 aromatic carbocycles. The van der Waals surface area contributed by atoms with E-state index in [9.17, 15) is 13.6 Å². The van der Waals surface area contributed by atoms with Gasteiger partial charge in [0.05, 0.1) is 30.9 Å². The molecule has 5 nitrogen and oxygen atoms in total. The third-order valence-corrected chi connectivity index (χ3v) is 4.59. The third-order valence-electron chi connectivity index (χ3n) is 4.59. The van der Waals surface area contributed by atoms with Gasteiger partial charge >= 0.3 is 5.97 Å². The maximum Gasteiger partial charge on any atom is 0.310 e. The molecule has 3 rings (SSSR count). The molecule has 0 saturated carbocycles. The second-order valence-electron chi connectivity index (χ2n) is 6.53. The Morgan fingerprint density at radius 3 is 2.60 bits per heavy atom. The van der Waals surface area contributed by atoms with Gasteiger partial charge in [0.15, 0.2) is 0 Å². The van der Waals surface area contributed by atoms with Gasteiger partial charge in [0, 0.05) is 17.2 Å². The van der Waals surface area contributed by atoms with Crippen LogP contribution in [-0.4, -0.2) is 18.1 Å². The highest BCUT2D eigenvalue weighted by atomic mass is 19.1. The number of benzene rings is 2. The molecule has 0 aliphatic carbocycles. The number of esters is 1. The fourth-order valence-electron chi connectivity index (χ4n) is 2.91. The van der Waals surface area contributed by atoms with Crippen molar-refractivity contribution >= 4 is 5.97 Å². The first-order valence-corrected chi connectivity index (χ1v) is 9.06. The standard InChI is InChI=1S/C23H18F2N2O3/c1-14-18(9-8-16(23(14)25)11-22(28)29-2)20-4-3-5-21(27-20)30-13-17-7-6-15(12-26)10-19(17)24/h3-10H,11,13H2,1-2H3. The largest absolute Gasteiger partial charge is 0.473 e. The van der Waals surface area contributed by atoms with Crippen LogP contribution in [0.2, 0.25) is 0 Å². The van der Waals surface area contributed by atoms with Crippen molar-refractivity contribution in [3.05, 3.63) is 82.4 Å². The SMILES string of the molecule is COC(=O)Cc1ccc(-c2cccc(OCc3ccc(C#N)cc3F)n2)c(C)c1F. The van der Waals surface area contributed by atoms with Gasteiger partial charge in [0.1, 0.15) is 18.2 Å². The Labute approximate surface area is 172 Å². The Hall–Kier alpha value is -3.79. The van der Waals surface area contributed by atoms with Gasteiger partial charge in [0.25, 0.3) is 0 Å². The molecule has 3 aromatic rings. The average Bonchev–Trinajstić information content (AvgIpc) is 2.76. The third kappa shape index (κ3) is 4.61. The van der Waals surface area contributed by atoms with E-state index in [1.165, 1.54) is 25.3 Å². The minimum atomic E-state index is -0.538. The molecule has 0 radical (unpaired) electrons. The second-order valence-corrected chi connectivity index (χ2v) is 6.53. The van der Waals surface area contributed by atoms with Crippen molar-refractivity contribution in [2.24, 2.45) is 0 Å². The Balaban J connectivity index is 1.81. The Kier molecular flexibility index (Phi) is 6.38. The molecule has 0 saturated heterocycles. The van der Waals surface area contributed by atoms with E-state index in [0.717, 1.165) is 6.07 Å². The highest BCUT2D eigenvalue weighted by molar-refractivity contribution is 5.73. The van der Waals surface area contributed by atoms with E-state index >= 15 is 0 Å². The summed E-state index contributed by atoms with van der Waals surface area (Å²) < 4.78 is 38.9. The molecule has 0 fully saturated rings. The normalized spacial score (nSPS) is 10.4. The number of nitrogens with zero attached hydrogens (tertiary/aromatic N) is 2. The van der Waals surface area contributed by atoms with Crippen molar-refractivity contribution in [3.63, 3.8) is 0 Å². The predicted molar refractivity (Wildman–Crippen MR) is 106 cm³/mol. The number of nitriles is 1. The number of methoxy groups -OCH3 is 1. The summed E-state index contributed by atoms with van der Waals surface area (Å²) in [5.41, 5.74) is 2.14. The summed E-state index contributed by atoms with van der Waals surface area (Å²) in [4.78, 5) is 15.8. The van der Waals surface area contributed by atoms with E-state index in [2.05, 4.69) is 9.72 Å². The maximum atomic E-state index is 14.7. The number of halogens is 2. The van der Waals surface area contributed by atoms with Gasteiger partial charge in [-0.25, -0.2) is 13.8 Å². The van der Waals surface area contributed by atoms with Crippen molar-refractivity contribution in [3.8, 4) is 23.2 Å². The smallest absolute Gasteiger partial charge is 0.310 e. The van der Waals surface area contributed by atoms with Crippen LogP contribution >= 0.6 is 0 Å². The summed E-state index contributed by atoms with van der Waals surface area (Å²) in [5.74, 6) is -1.31. The molecule has 0 amide bonds. The van der Waals surface area contributed by atoms with Crippen LogP contribution in [0.5, 0.6) is 5.88 Å². The molecule has 0 atom stereocenters. The van der Waals surface area contributed by atoms with E-state index in [-0.39, 0.29) is 35.6 Å². The van der Waals surface area contributed by atoms with Crippen molar-refractivity contribution in [2.45, 2.75) is 20.0 Å². The quantitative estimate of drug-likeness (QED) is 0.562. The first kappa shape index (κ1) is 20.9. The van der Waals surface area contributed by atoms with Crippen LogP contribution in [0.1, 0.15) is 22.3 Å². The second kappa shape index (κ2) is 9.14. The van der Waals surface area contributed by atoms with Crippen molar-refractivity contribution in [2.75, 3.05) is 7.11 Å². The summed E-state index contributed by atoms with van der Waals surface area (Å²) in [6.45, 7) is 1.53. The number of aromatic nitrogens is 1. The zero-order valence-corrected chi connectivity index (χ0v) is 16.4. The van der Waals surface area contributed by atoms with Gasteiger partial charge in [0.2, 0.25) is 5.88 Å². The molecule has 0 unspecified atom stereocenters. The first-order valence-electron chi connectivity index (χ1n) is 9.06. The lowest BCUT2D eigenvalue weighted by molar-refractivity contribution is -0.139. The van der Waals surface area contributed by atoms with Gasteiger partial charge in [-0.15, -0.1) is 0 Å². The molecule has 152 valence electrons. The monoisotopic (exact) mass is 408 g/mol. The summed E-state index contributed by atoms with van der Waals surface area (Å²) >= 11 is 0.